The van der Waals surface area contributed by atoms with E-state index in [9.17, 15) is 0 Å². The Balaban J connectivity index is 2.47. The highest BCUT2D eigenvalue weighted by Gasteiger charge is 2.23. The maximum Gasteiger partial charge on any atom is 0.118 e. The van der Waals surface area contributed by atoms with Crippen molar-refractivity contribution in [3.63, 3.8) is 0 Å². The Morgan fingerprint density at radius 2 is 1.50 bits per heavy atom. The summed E-state index contributed by atoms with van der Waals surface area (Å²) in [6, 6.07) is 15.8. The molecule has 0 nitrogen and oxygen atoms in total. The van der Waals surface area contributed by atoms with Gasteiger partial charge in [-0.25, -0.2) is 0 Å². The van der Waals surface area contributed by atoms with Crippen molar-refractivity contribution < 1.29 is 0 Å². The number of rotatable bonds is 3. The first-order chi connectivity index (χ1) is 8.59. The predicted molar refractivity (Wildman–Crippen MR) is 87.9 cm³/mol. The Bertz CT molecular complexity index is 523. The minimum atomic E-state index is -0.537. The molecule has 0 N–H and O–H groups in total. The summed E-state index contributed by atoms with van der Waals surface area (Å²) in [6.45, 7) is 0. The second-order valence-corrected chi connectivity index (χ2v) is 6.70. The molecule has 0 saturated heterocycles. The number of hydrogen-bond acceptors (Lipinski definition) is 0. The van der Waals surface area contributed by atoms with E-state index in [1.54, 1.807) is 0 Å². The van der Waals surface area contributed by atoms with E-state index in [1.165, 1.54) is 3.57 Å². The van der Waals surface area contributed by atoms with E-state index >= 15 is 0 Å². The van der Waals surface area contributed by atoms with E-state index in [2.05, 4.69) is 22.6 Å². The van der Waals surface area contributed by atoms with Gasteiger partial charge in [-0.3, -0.25) is 0 Å². The monoisotopic (exact) mass is 410 g/mol. The highest BCUT2D eigenvalue weighted by atomic mass is 127. The van der Waals surface area contributed by atoms with E-state index in [0.717, 1.165) is 11.1 Å². The topological polar surface area (TPSA) is 0 Å². The zero-order valence-electron chi connectivity index (χ0n) is 9.29. The van der Waals surface area contributed by atoms with Crippen molar-refractivity contribution in [2.24, 2.45) is 0 Å². The zero-order valence-corrected chi connectivity index (χ0v) is 13.7. The van der Waals surface area contributed by atoms with Crippen LogP contribution >= 0.6 is 57.4 Å². The highest BCUT2D eigenvalue weighted by Crippen LogP contribution is 2.37. The van der Waals surface area contributed by atoms with Crippen molar-refractivity contribution in [1.82, 2.24) is 0 Å². The fourth-order valence-electron chi connectivity index (χ4n) is 1.86. The molecule has 0 saturated carbocycles. The van der Waals surface area contributed by atoms with Crippen molar-refractivity contribution in [3.05, 3.63) is 68.3 Å². The van der Waals surface area contributed by atoms with Gasteiger partial charge in [0.1, 0.15) is 4.84 Å². The first kappa shape index (κ1) is 14.4. The Morgan fingerprint density at radius 1 is 0.889 bits per heavy atom. The Labute approximate surface area is 135 Å². The van der Waals surface area contributed by atoms with Gasteiger partial charge < -0.3 is 0 Å². The summed E-state index contributed by atoms with van der Waals surface area (Å²) in [5, 5.41) is 0.687. The van der Waals surface area contributed by atoms with Crippen molar-refractivity contribution >= 4 is 57.4 Å². The molecule has 0 aromatic heterocycles. The van der Waals surface area contributed by atoms with Crippen LogP contribution in [0.5, 0.6) is 0 Å². The molecule has 0 heterocycles. The van der Waals surface area contributed by atoms with Crippen LogP contribution < -0.4 is 0 Å². The summed E-state index contributed by atoms with van der Waals surface area (Å²) in [5.41, 5.74) is 2.02. The standard InChI is InChI=1S/C14H10Cl3I/c15-12-4-2-1-3-11(12)13(14(16)17)9-5-7-10(18)8-6-9/h1-8,13-14H/t13-/m0/s1. The lowest BCUT2D eigenvalue weighted by Crippen LogP contribution is -2.09. The highest BCUT2D eigenvalue weighted by molar-refractivity contribution is 14.1. The first-order valence-corrected chi connectivity index (χ1v) is 7.70. The smallest absolute Gasteiger partial charge is 0.104 e. The van der Waals surface area contributed by atoms with Gasteiger partial charge in [-0.1, -0.05) is 41.9 Å². The van der Waals surface area contributed by atoms with Gasteiger partial charge in [-0.15, -0.1) is 23.2 Å². The largest absolute Gasteiger partial charge is 0.118 e. The third-order valence-corrected chi connectivity index (χ3v) is 4.29. The molecule has 2 rings (SSSR count). The van der Waals surface area contributed by atoms with Crippen LogP contribution in [0, 0.1) is 3.57 Å². The minimum absolute atomic E-state index is 0.112. The van der Waals surface area contributed by atoms with Crippen LogP contribution in [0.1, 0.15) is 17.0 Å². The molecule has 1 atom stereocenters. The zero-order chi connectivity index (χ0) is 13.1. The summed E-state index contributed by atoms with van der Waals surface area (Å²) in [6.07, 6.45) is 0. The van der Waals surface area contributed by atoms with Crippen LogP contribution in [0.3, 0.4) is 0 Å². The van der Waals surface area contributed by atoms with Gasteiger partial charge in [0.25, 0.3) is 0 Å². The Kier molecular flexibility index (Phi) is 5.19. The van der Waals surface area contributed by atoms with Gasteiger partial charge in [0.2, 0.25) is 0 Å². The van der Waals surface area contributed by atoms with Gasteiger partial charge >= 0.3 is 0 Å². The molecule has 0 aliphatic carbocycles. The molecule has 94 valence electrons. The second-order valence-electron chi connectivity index (χ2n) is 3.89. The molecule has 0 aliphatic heterocycles. The van der Waals surface area contributed by atoms with Crippen molar-refractivity contribution in [1.29, 1.82) is 0 Å². The molecule has 18 heavy (non-hydrogen) atoms. The van der Waals surface area contributed by atoms with Crippen LogP contribution in [0.2, 0.25) is 5.02 Å². The van der Waals surface area contributed by atoms with Gasteiger partial charge in [0.05, 0.1) is 0 Å². The van der Waals surface area contributed by atoms with Gasteiger partial charge in [-0.2, -0.15) is 0 Å². The Hall–Kier alpha value is 0.0400. The van der Waals surface area contributed by atoms with Crippen LogP contribution in [0.15, 0.2) is 48.5 Å². The van der Waals surface area contributed by atoms with Crippen LogP contribution in [-0.2, 0) is 0 Å². The summed E-state index contributed by atoms with van der Waals surface area (Å²) >= 11 is 20.8. The second kappa shape index (κ2) is 6.47. The molecule has 0 fully saturated rings. The first-order valence-electron chi connectivity index (χ1n) is 5.37. The van der Waals surface area contributed by atoms with E-state index in [4.69, 9.17) is 34.8 Å². The van der Waals surface area contributed by atoms with Crippen molar-refractivity contribution in [3.8, 4) is 0 Å². The summed E-state index contributed by atoms with van der Waals surface area (Å²) < 4.78 is 1.18. The van der Waals surface area contributed by atoms with Crippen molar-refractivity contribution in [2.45, 2.75) is 10.8 Å². The number of benzene rings is 2. The lowest BCUT2D eigenvalue weighted by molar-refractivity contribution is 0.887. The SMILES string of the molecule is Clc1ccccc1[C@H](c1ccc(I)cc1)C(Cl)Cl. The van der Waals surface area contributed by atoms with Gasteiger partial charge in [0, 0.05) is 14.5 Å². The molecule has 2 aromatic carbocycles. The fourth-order valence-corrected chi connectivity index (χ4v) is 3.03. The molecule has 0 radical (unpaired) electrons. The fraction of sp³-hybridized carbons (Fsp3) is 0.143. The van der Waals surface area contributed by atoms with Crippen LogP contribution in [-0.4, -0.2) is 4.84 Å². The quantitative estimate of drug-likeness (QED) is 0.437. The molecule has 0 unspecified atom stereocenters. The molecular formula is C14H10Cl3I. The summed E-state index contributed by atoms with van der Waals surface area (Å²) in [5.74, 6) is -0.112. The molecule has 2 aromatic rings. The number of halogens is 4. The summed E-state index contributed by atoms with van der Waals surface area (Å²) in [7, 11) is 0. The third kappa shape index (κ3) is 3.32. The molecular weight excluding hydrogens is 401 g/mol. The number of hydrogen-bond donors (Lipinski definition) is 0. The maximum atomic E-state index is 6.23. The molecule has 4 heteroatoms. The predicted octanol–water partition coefficient (Wildman–Crippen LogP) is 5.88. The normalized spacial score (nSPS) is 12.7. The molecule has 0 spiro atoms. The third-order valence-electron chi connectivity index (χ3n) is 2.72. The van der Waals surface area contributed by atoms with Crippen LogP contribution in [0.4, 0.5) is 0 Å². The summed E-state index contributed by atoms with van der Waals surface area (Å²) in [4.78, 5) is -0.537. The lowest BCUT2D eigenvalue weighted by atomic mass is 9.93. The van der Waals surface area contributed by atoms with Gasteiger partial charge in [0.15, 0.2) is 0 Å². The molecule has 0 aliphatic rings. The minimum Gasteiger partial charge on any atom is -0.104 e. The van der Waals surface area contributed by atoms with Crippen LogP contribution in [0.25, 0.3) is 0 Å². The average molecular weight is 411 g/mol. The van der Waals surface area contributed by atoms with E-state index < -0.39 is 4.84 Å². The number of alkyl halides is 2. The lowest BCUT2D eigenvalue weighted by Gasteiger charge is -2.20. The maximum absolute atomic E-state index is 6.23. The molecule has 0 bridgehead atoms. The van der Waals surface area contributed by atoms with Crippen molar-refractivity contribution in [2.75, 3.05) is 0 Å². The Morgan fingerprint density at radius 3 is 2.06 bits per heavy atom. The van der Waals surface area contributed by atoms with Gasteiger partial charge in [-0.05, 0) is 51.9 Å². The van der Waals surface area contributed by atoms with E-state index in [0.29, 0.717) is 5.02 Å². The average Bonchev–Trinajstić information content (AvgIpc) is 2.34. The van der Waals surface area contributed by atoms with E-state index in [1.807, 2.05) is 48.5 Å². The molecule has 0 amide bonds. The van der Waals surface area contributed by atoms with E-state index in [-0.39, 0.29) is 5.92 Å².